The van der Waals surface area contributed by atoms with Gasteiger partial charge in [0.2, 0.25) is 0 Å². The molecule has 0 amide bonds. The van der Waals surface area contributed by atoms with Crippen molar-refractivity contribution >= 4 is 17.6 Å². The maximum atomic E-state index is 12.2. The van der Waals surface area contributed by atoms with Crippen LogP contribution in [0.2, 0.25) is 5.02 Å². The topological polar surface area (TPSA) is 104 Å². The van der Waals surface area contributed by atoms with E-state index in [4.69, 9.17) is 21.1 Å². The van der Waals surface area contributed by atoms with Gasteiger partial charge in [-0.3, -0.25) is 14.3 Å². The van der Waals surface area contributed by atoms with E-state index < -0.39 is 11.9 Å². The van der Waals surface area contributed by atoms with Crippen molar-refractivity contribution in [2.75, 3.05) is 20.3 Å². The minimum absolute atomic E-state index is 0.0361. The average molecular weight is 529 g/mol. The van der Waals surface area contributed by atoms with Crippen molar-refractivity contribution in [3.05, 3.63) is 70.2 Å². The maximum absolute atomic E-state index is 12.2. The van der Waals surface area contributed by atoms with Crippen LogP contribution >= 0.6 is 11.6 Å². The lowest BCUT2D eigenvalue weighted by molar-refractivity contribution is -0.144. The molecule has 3 N–H and O–H groups in total. The lowest BCUT2D eigenvalue weighted by Gasteiger charge is -2.32. The third-order valence-corrected chi connectivity index (χ3v) is 7.11. The molecule has 1 aromatic heterocycles. The molecule has 1 aliphatic rings. The zero-order valence-electron chi connectivity index (χ0n) is 21.1. The number of aromatic hydroxyl groups is 2. The second kappa shape index (κ2) is 11.8. The number of nitrogens with zero attached hydrogens (tertiary/aromatic N) is 2. The Kier molecular flexibility index (Phi) is 8.51. The van der Waals surface area contributed by atoms with Gasteiger partial charge in [0.05, 0.1) is 19.6 Å². The molecule has 2 aromatic carbocycles. The molecule has 1 aliphatic carbocycles. The third kappa shape index (κ3) is 5.97. The molecule has 8 nitrogen and oxygen atoms in total. The Morgan fingerprint density at radius 1 is 1.11 bits per heavy atom. The zero-order chi connectivity index (χ0) is 26.5. The first-order valence-electron chi connectivity index (χ1n) is 12.4. The van der Waals surface area contributed by atoms with E-state index in [1.807, 2.05) is 36.4 Å². The van der Waals surface area contributed by atoms with Gasteiger partial charge in [-0.15, -0.1) is 0 Å². The largest absolute Gasteiger partial charge is 0.494 e. The smallest absolute Gasteiger partial charge is 0.308 e. The Balaban J connectivity index is 1.53. The van der Waals surface area contributed by atoms with Gasteiger partial charge in [0.15, 0.2) is 23.3 Å². The SMILES string of the molecule is CCCCN(Cc1ccc(OCCn2c(O)ccc2O)c(OC)c1)C1c2ccc(Cl)cc2CC1C(=O)O. The Morgan fingerprint density at radius 2 is 1.86 bits per heavy atom. The second-order valence-electron chi connectivity index (χ2n) is 9.30. The van der Waals surface area contributed by atoms with E-state index in [-0.39, 0.29) is 31.0 Å². The molecule has 0 saturated heterocycles. The molecule has 0 bridgehead atoms. The summed E-state index contributed by atoms with van der Waals surface area (Å²) in [6, 6.07) is 14.0. The molecule has 0 fully saturated rings. The van der Waals surface area contributed by atoms with Gasteiger partial charge in [-0.1, -0.05) is 37.1 Å². The molecular weight excluding hydrogens is 496 g/mol. The lowest BCUT2D eigenvalue weighted by Crippen LogP contribution is -2.35. The van der Waals surface area contributed by atoms with Crippen molar-refractivity contribution in [2.45, 2.75) is 45.3 Å². The number of halogens is 1. The molecule has 37 heavy (non-hydrogen) atoms. The molecule has 0 aliphatic heterocycles. The molecule has 0 saturated carbocycles. The minimum atomic E-state index is -0.806. The number of hydrogen-bond donors (Lipinski definition) is 3. The van der Waals surface area contributed by atoms with Crippen LogP contribution in [0.15, 0.2) is 48.5 Å². The fourth-order valence-electron chi connectivity index (χ4n) is 5.04. The first kappa shape index (κ1) is 26.7. The average Bonchev–Trinajstić information content (AvgIpc) is 3.41. The van der Waals surface area contributed by atoms with Gasteiger partial charge in [-0.25, -0.2) is 0 Å². The number of unbranched alkanes of at least 4 members (excludes halogenated alkanes) is 1. The molecular formula is C28H33ClN2O6. The number of rotatable bonds is 12. The number of methoxy groups -OCH3 is 1. The number of benzene rings is 2. The van der Waals surface area contributed by atoms with Crippen molar-refractivity contribution in [2.24, 2.45) is 5.92 Å². The summed E-state index contributed by atoms with van der Waals surface area (Å²) in [7, 11) is 1.57. The number of fused-ring (bicyclic) bond motifs is 1. The summed E-state index contributed by atoms with van der Waals surface area (Å²) < 4.78 is 12.8. The van der Waals surface area contributed by atoms with E-state index in [9.17, 15) is 20.1 Å². The van der Waals surface area contributed by atoms with E-state index >= 15 is 0 Å². The van der Waals surface area contributed by atoms with Gasteiger partial charge < -0.3 is 24.8 Å². The lowest BCUT2D eigenvalue weighted by atomic mass is 9.97. The van der Waals surface area contributed by atoms with Crippen molar-refractivity contribution in [1.82, 2.24) is 9.47 Å². The van der Waals surface area contributed by atoms with Crippen molar-refractivity contribution in [1.29, 1.82) is 0 Å². The van der Waals surface area contributed by atoms with E-state index in [0.717, 1.165) is 36.1 Å². The van der Waals surface area contributed by atoms with Crippen LogP contribution < -0.4 is 9.47 Å². The van der Waals surface area contributed by atoms with Crippen LogP contribution in [0.3, 0.4) is 0 Å². The van der Waals surface area contributed by atoms with Crippen LogP contribution in [0.4, 0.5) is 0 Å². The predicted octanol–water partition coefficient (Wildman–Crippen LogP) is 5.24. The Morgan fingerprint density at radius 3 is 2.54 bits per heavy atom. The van der Waals surface area contributed by atoms with Gasteiger partial charge in [0, 0.05) is 29.7 Å². The summed E-state index contributed by atoms with van der Waals surface area (Å²) >= 11 is 6.21. The second-order valence-corrected chi connectivity index (χ2v) is 9.73. The van der Waals surface area contributed by atoms with Gasteiger partial charge in [0.1, 0.15) is 6.61 Å². The molecule has 4 rings (SSSR count). The van der Waals surface area contributed by atoms with Gasteiger partial charge in [-0.05, 0) is 60.3 Å². The van der Waals surface area contributed by atoms with Crippen LogP contribution in [0.5, 0.6) is 23.3 Å². The Hall–Kier alpha value is -3.36. The van der Waals surface area contributed by atoms with Crippen LogP contribution in [0.1, 0.15) is 42.5 Å². The van der Waals surface area contributed by atoms with Gasteiger partial charge in [-0.2, -0.15) is 0 Å². The minimum Gasteiger partial charge on any atom is -0.494 e. The summed E-state index contributed by atoms with van der Waals surface area (Å²) in [5, 5.41) is 30.3. The first-order valence-corrected chi connectivity index (χ1v) is 12.8. The van der Waals surface area contributed by atoms with Crippen LogP contribution in [0.25, 0.3) is 0 Å². The molecule has 2 atom stereocenters. The number of carbonyl (C=O) groups is 1. The number of hydrogen-bond acceptors (Lipinski definition) is 6. The van der Waals surface area contributed by atoms with Gasteiger partial charge in [0.25, 0.3) is 0 Å². The third-order valence-electron chi connectivity index (χ3n) is 6.87. The molecule has 3 aromatic rings. The van der Waals surface area contributed by atoms with Crippen LogP contribution in [0, 0.1) is 5.92 Å². The Bertz CT molecular complexity index is 1220. The van der Waals surface area contributed by atoms with E-state index in [1.54, 1.807) is 7.11 Å². The number of ether oxygens (including phenoxy) is 2. The molecule has 1 heterocycles. The summed E-state index contributed by atoms with van der Waals surface area (Å²) in [5.74, 6) is -0.322. The first-order chi connectivity index (χ1) is 17.8. The van der Waals surface area contributed by atoms with Crippen molar-refractivity contribution in [3.8, 4) is 23.3 Å². The number of carboxylic acids is 1. The fraction of sp³-hybridized carbons (Fsp3) is 0.393. The molecule has 0 spiro atoms. The van der Waals surface area contributed by atoms with Crippen molar-refractivity contribution in [3.63, 3.8) is 0 Å². The molecule has 198 valence electrons. The number of aliphatic carboxylic acids is 1. The van der Waals surface area contributed by atoms with E-state index in [2.05, 4.69) is 11.8 Å². The van der Waals surface area contributed by atoms with E-state index in [1.165, 1.54) is 16.7 Å². The monoisotopic (exact) mass is 528 g/mol. The quantitative estimate of drug-likeness (QED) is 0.295. The zero-order valence-corrected chi connectivity index (χ0v) is 21.8. The maximum Gasteiger partial charge on any atom is 0.308 e. The highest BCUT2D eigenvalue weighted by atomic mass is 35.5. The predicted molar refractivity (Wildman–Crippen MR) is 141 cm³/mol. The highest BCUT2D eigenvalue weighted by molar-refractivity contribution is 6.30. The fourth-order valence-corrected chi connectivity index (χ4v) is 5.24. The van der Waals surface area contributed by atoms with E-state index in [0.29, 0.717) is 29.5 Å². The number of carboxylic acid groups (broad SMARTS) is 1. The highest BCUT2D eigenvalue weighted by Gasteiger charge is 2.40. The highest BCUT2D eigenvalue weighted by Crippen LogP contribution is 2.42. The number of aromatic nitrogens is 1. The molecule has 9 heteroatoms. The molecule has 0 radical (unpaired) electrons. The van der Waals surface area contributed by atoms with Crippen molar-refractivity contribution < 1.29 is 29.6 Å². The summed E-state index contributed by atoms with van der Waals surface area (Å²) in [4.78, 5) is 14.5. The normalized spacial score (nSPS) is 16.6. The summed E-state index contributed by atoms with van der Waals surface area (Å²) in [5.41, 5.74) is 3.00. The van der Waals surface area contributed by atoms with Gasteiger partial charge >= 0.3 is 5.97 Å². The summed E-state index contributed by atoms with van der Waals surface area (Å²) in [6.07, 6.45) is 2.40. The van der Waals surface area contributed by atoms with Crippen LogP contribution in [-0.4, -0.2) is 51.0 Å². The van der Waals surface area contributed by atoms with Crippen LogP contribution in [-0.2, 0) is 24.3 Å². The molecule has 2 unspecified atom stereocenters. The Labute approximate surface area is 221 Å². The summed E-state index contributed by atoms with van der Waals surface area (Å²) in [6.45, 7) is 3.92. The standard InChI is InChI=1S/C28H33ClN2O6/c1-3-4-11-30(27-21-7-6-20(29)15-19(21)16-22(27)28(34)35)17-18-5-8-23(24(14-18)36-2)37-13-12-31-25(32)9-10-26(31)33/h5-10,14-15,22,27,32-33H,3-4,11-13,16-17H2,1-2H3,(H,34,35).